The van der Waals surface area contributed by atoms with E-state index in [0.717, 1.165) is 33.5 Å². The Hall–Kier alpha value is -2.95. The molecule has 0 saturated carbocycles. The first kappa shape index (κ1) is 15.9. The number of anilines is 1. The standard InChI is InChI=1S/C19H19N3O2/c1-11-8-17(15-7-5-6-12(2)20-15)22-16-10-18(21-13(3)23)19(24-4)9-14(11)16/h5-10H,1-4H3,(H,21,23). The van der Waals surface area contributed by atoms with Gasteiger partial charge in [-0.15, -0.1) is 0 Å². The molecule has 0 fully saturated rings. The lowest BCUT2D eigenvalue weighted by Crippen LogP contribution is -2.07. The zero-order chi connectivity index (χ0) is 17.3. The summed E-state index contributed by atoms with van der Waals surface area (Å²) in [6.45, 7) is 5.45. The third kappa shape index (κ3) is 3.06. The van der Waals surface area contributed by atoms with Gasteiger partial charge in [-0.05, 0) is 49.7 Å². The van der Waals surface area contributed by atoms with Crippen molar-refractivity contribution in [3.05, 3.63) is 47.7 Å². The van der Waals surface area contributed by atoms with Crippen LogP contribution in [0.25, 0.3) is 22.3 Å². The molecule has 0 aliphatic rings. The van der Waals surface area contributed by atoms with Gasteiger partial charge in [-0.25, -0.2) is 4.98 Å². The van der Waals surface area contributed by atoms with E-state index in [9.17, 15) is 4.79 Å². The van der Waals surface area contributed by atoms with E-state index in [0.29, 0.717) is 11.4 Å². The Bertz CT molecular complexity index is 935. The van der Waals surface area contributed by atoms with Gasteiger partial charge in [-0.2, -0.15) is 0 Å². The smallest absolute Gasteiger partial charge is 0.221 e. The Morgan fingerprint density at radius 2 is 1.88 bits per heavy atom. The molecule has 2 aromatic heterocycles. The number of nitrogens with one attached hydrogen (secondary N) is 1. The van der Waals surface area contributed by atoms with Crippen LogP contribution in [-0.4, -0.2) is 23.0 Å². The van der Waals surface area contributed by atoms with Crippen LogP contribution >= 0.6 is 0 Å². The largest absolute Gasteiger partial charge is 0.495 e. The molecule has 0 bridgehead atoms. The van der Waals surface area contributed by atoms with Crippen LogP contribution in [-0.2, 0) is 4.79 Å². The minimum Gasteiger partial charge on any atom is -0.495 e. The molecule has 1 amide bonds. The predicted molar refractivity (Wildman–Crippen MR) is 95.3 cm³/mol. The molecule has 3 aromatic rings. The summed E-state index contributed by atoms with van der Waals surface area (Å²) in [6.07, 6.45) is 0. The number of aryl methyl sites for hydroxylation is 2. The SMILES string of the molecule is COc1cc2c(C)cc(-c3cccc(C)n3)nc2cc1NC(C)=O. The van der Waals surface area contributed by atoms with Gasteiger partial charge in [-0.1, -0.05) is 6.07 Å². The van der Waals surface area contributed by atoms with Crippen LogP contribution in [0.4, 0.5) is 5.69 Å². The zero-order valence-electron chi connectivity index (χ0n) is 14.2. The highest BCUT2D eigenvalue weighted by atomic mass is 16.5. The molecule has 2 heterocycles. The summed E-state index contributed by atoms with van der Waals surface area (Å²) in [5.74, 6) is 0.463. The molecule has 0 aliphatic heterocycles. The number of aromatic nitrogens is 2. The van der Waals surface area contributed by atoms with Gasteiger partial charge in [0.25, 0.3) is 0 Å². The van der Waals surface area contributed by atoms with Crippen LogP contribution in [0.15, 0.2) is 36.4 Å². The minimum absolute atomic E-state index is 0.152. The molecule has 3 rings (SSSR count). The topological polar surface area (TPSA) is 64.1 Å². The number of pyridine rings is 2. The van der Waals surface area contributed by atoms with Crippen LogP contribution < -0.4 is 10.1 Å². The molecule has 5 heteroatoms. The van der Waals surface area contributed by atoms with E-state index in [1.807, 2.05) is 50.2 Å². The second kappa shape index (κ2) is 6.28. The van der Waals surface area contributed by atoms with E-state index in [1.165, 1.54) is 6.92 Å². The van der Waals surface area contributed by atoms with Crippen LogP contribution in [0.2, 0.25) is 0 Å². The fourth-order valence-electron chi connectivity index (χ4n) is 2.69. The van der Waals surface area contributed by atoms with Crippen molar-refractivity contribution >= 4 is 22.5 Å². The molecule has 122 valence electrons. The molecule has 24 heavy (non-hydrogen) atoms. The van der Waals surface area contributed by atoms with E-state index in [4.69, 9.17) is 9.72 Å². The maximum atomic E-state index is 11.4. The number of amides is 1. The van der Waals surface area contributed by atoms with Gasteiger partial charge >= 0.3 is 0 Å². The number of nitrogens with zero attached hydrogens (tertiary/aromatic N) is 2. The normalized spacial score (nSPS) is 10.7. The maximum Gasteiger partial charge on any atom is 0.221 e. The van der Waals surface area contributed by atoms with Gasteiger partial charge in [0.15, 0.2) is 0 Å². The molecule has 1 aromatic carbocycles. The van der Waals surface area contributed by atoms with E-state index in [1.54, 1.807) is 7.11 Å². The fraction of sp³-hybridized carbons (Fsp3) is 0.211. The second-order valence-corrected chi connectivity index (χ2v) is 5.74. The van der Waals surface area contributed by atoms with Crippen molar-refractivity contribution in [3.63, 3.8) is 0 Å². The van der Waals surface area contributed by atoms with Crippen LogP contribution in [0, 0.1) is 13.8 Å². The van der Waals surface area contributed by atoms with E-state index < -0.39 is 0 Å². The first-order valence-electron chi connectivity index (χ1n) is 7.69. The second-order valence-electron chi connectivity index (χ2n) is 5.74. The van der Waals surface area contributed by atoms with Crippen molar-refractivity contribution in [3.8, 4) is 17.1 Å². The van der Waals surface area contributed by atoms with Gasteiger partial charge in [0.2, 0.25) is 5.91 Å². The molecule has 0 aliphatic carbocycles. The fourth-order valence-corrected chi connectivity index (χ4v) is 2.69. The van der Waals surface area contributed by atoms with E-state index >= 15 is 0 Å². The third-order valence-corrected chi connectivity index (χ3v) is 3.80. The monoisotopic (exact) mass is 321 g/mol. The van der Waals surface area contributed by atoms with E-state index in [-0.39, 0.29) is 5.91 Å². The molecule has 0 saturated heterocycles. The number of hydrogen-bond acceptors (Lipinski definition) is 4. The Morgan fingerprint density at radius 1 is 1.08 bits per heavy atom. The van der Waals surface area contributed by atoms with Crippen molar-refractivity contribution in [1.29, 1.82) is 0 Å². The molecular formula is C19H19N3O2. The number of benzene rings is 1. The van der Waals surface area contributed by atoms with Crippen molar-refractivity contribution < 1.29 is 9.53 Å². The van der Waals surface area contributed by atoms with E-state index in [2.05, 4.69) is 10.3 Å². The zero-order valence-corrected chi connectivity index (χ0v) is 14.2. The minimum atomic E-state index is -0.152. The highest BCUT2D eigenvalue weighted by Crippen LogP contribution is 2.32. The molecule has 0 radical (unpaired) electrons. The van der Waals surface area contributed by atoms with Gasteiger partial charge in [0, 0.05) is 18.0 Å². The number of ether oxygens (including phenoxy) is 1. The van der Waals surface area contributed by atoms with Crippen LogP contribution in [0.5, 0.6) is 5.75 Å². The molecule has 1 N–H and O–H groups in total. The number of methoxy groups -OCH3 is 1. The molecular weight excluding hydrogens is 302 g/mol. The van der Waals surface area contributed by atoms with Crippen molar-refractivity contribution in [2.24, 2.45) is 0 Å². The van der Waals surface area contributed by atoms with Crippen molar-refractivity contribution in [1.82, 2.24) is 9.97 Å². The highest BCUT2D eigenvalue weighted by Gasteiger charge is 2.12. The average molecular weight is 321 g/mol. The van der Waals surface area contributed by atoms with Gasteiger partial charge in [0.1, 0.15) is 5.75 Å². The summed E-state index contributed by atoms with van der Waals surface area (Å²) < 4.78 is 5.39. The lowest BCUT2D eigenvalue weighted by Gasteiger charge is -2.13. The molecule has 0 atom stereocenters. The number of fused-ring (bicyclic) bond motifs is 1. The molecule has 0 spiro atoms. The lowest BCUT2D eigenvalue weighted by molar-refractivity contribution is -0.114. The first-order valence-corrected chi connectivity index (χ1v) is 7.69. The Balaban J connectivity index is 2.20. The summed E-state index contributed by atoms with van der Waals surface area (Å²) in [5.41, 5.74) is 5.06. The summed E-state index contributed by atoms with van der Waals surface area (Å²) in [7, 11) is 1.58. The van der Waals surface area contributed by atoms with Gasteiger partial charge in [-0.3, -0.25) is 9.78 Å². The third-order valence-electron chi connectivity index (χ3n) is 3.80. The first-order chi connectivity index (χ1) is 11.5. The Morgan fingerprint density at radius 3 is 2.54 bits per heavy atom. The molecule has 0 unspecified atom stereocenters. The quantitative estimate of drug-likeness (QED) is 0.795. The van der Waals surface area contributed by atoms with Crippen molar-refractivity contribution in [2.45, 2.75) is 20.8 Å². The van der Waals surface area contributed by atoms with Gasteiger partial charge in [0.05, 0.1) is 29.7 Å². The Kier molecular flexibility index (Phi) is 4.16. The number of carbonyl (C=O) groups is 1. The molecule has 5 nitrogen and oxygen atoms in total. The lowest BCUT2D eigenvalue weighted by atomic mass is 10.1. The Labute approximate surface area is 140 Å². The highest BCUT2D eigenvalue weighted by molar-refractivity contribution is 5.96. The number of hydrogen-bond donors (Lipinski definition) is 1. The van der Waals surface area contributed by atoms with Crippen LogP contribution in [0.1, 0.15) is 18.2 Å². The van der Waals surface area contributed by atoms with Gasteiger partial charge < -0.3 is 10.1 Å². The summed E-state index contributed by atoms with van der Waals surface area (Å²) >= 11 is 0. The summed E-state index contributed by atoms with van der Waals surface area (Å²) in [6, 6.07) is 11.6. The maximum absolute atomic E-state index is 11.4. The number of carbonyl (C=O) groups excluding carboxylic acids is 1. The van der Waals surface area contributed by atoms with Crippen molar-refractivity contribution in [2.75, 3.05) is 12.4 Å². The number of rotatable bonds is 3. The summed E-state index contributed by atoms with van der Waals surface area (Å²) in [5, 5.41) is 3.77. The summed E-state index contributed by atoms with van der Waals surface area (Å²) in [4.78, 5) is 20.7. The van der Waals surface area contributed by atoms with Crippen LogP contribution in [0.3, 0.4) is 0 Å². The predicted octanol–water partition coefficient (Wildman–Crippen LogP) is 3.88. The average Bonchev–Trinajstić information content (AvgIpc) is 2.53.